The van der Waals surface area contributed by atoms with Crippen LogP contribution in [0.2, 0.25) is 0 Å². The first kappa shape index (κ1) is 5.17. The lowest BCUT2D eigenvalue weighted by Crippen LogP contribution is -1.97. The molecule has 0 unspecified atom stereocenters. The highest BCUT2D eigenvalue weighted by Crippen LogP contribution is 2.33. The number of nitrogens with zero attached hydrogens (tertiary/aromatic N) is 1. The van der Waals surface area contributed by atoms with Crippen LogP contribution in [0, 0.1) is 17.2 Å². The molecule has 0 spiro atoms. The van der Waals surface area contributed by atoms with E-state index < -0.39 is 0 Å². The predicted octanol–water partition coefficient (Wildman–Crippen LogP) is 0.763. The summed E-state index contributed by atoms with van der Waals surface area (Å²) in [6.45, 7) is 0. The Morgan fingerprint density at radius 1 is 1.75 bits per heavy atom. The van der Waals surface area contributed by atoms with Crippen molar-refractivity contribution in [2.75, 3.05) is 0 Å². The van der Waals surface area contributed by atoms with Crippen molar-refractivity contribution >= 4 is 0 Å². The monoisotopic (exact) mass is 108 g/mol. The van der Waals surface area contributed by atoms with Gasteiger partial charge in [-0.05, 0) is 18.8 Å². The molecule has 2 N–H and O–H groups in total. The van der Waals surface area contributed by atoms with Gasteiger partial charge in [-0.1, -0.05) is 0 Å². The molecule has 0 atom stereocenters. The highest BCUT2D eigenvalue weighted by molar-refractivity contribution is 5.16. The van der Waals surface area contributed by atoms with Gasteiger partial charge >= 0.3 is 0 Å². The SMILES string of the molecule is N#C/C=C(/N)C1CC1. The number of hydrogen-bond donors (Lipinski definition) is 1. The van der Waals surface area contributed by atoms with Gasteiger partial charge in [0.1, 0.15) is 0 Å². The van der Waals surface area contributed by atoms with Gasteiger partial charge in [0.25, 0.3) is 0 Å². The van der Waals surface area contributed by atoms with Crippen LogP contribution in [-0.2, 0) is 0 Å². The van der Waals surface area contributed by atoms with Crippen molar-refractivity contribution in [2.24, 2.45) is 11.7 Å². The molecule has 1 saturated carbocycles. The summed E-state index contributed by atoms with van der Waals surface area (Å²) in [6, 6.07) is 1.90. The Kier molecular flexibility index (Phi) is 1.21. The van der Waals surface area contributed by atoms with E-state index in [9.17, 15) is 0 Å². The third-order valence-electron chi connectivity index (χ3n) is 1.28. The highest BCUT2D eigenvalue weighted by atomic mass is 14.6. The predicted molar refractivity (Wildman–Crippen MR) is 30.6 cm³/mol. The van der Waals surface area contributed by atoms with E-state index in [1.165, 1.54) is 18.9 Å². The molecule has 1 aliphatic rings. The Bertz CT molecular complexity index is 148. The summed E-state index contributed by atoms with van der Waals surface area (Å²) in [5.41, 5.74) is 6.19. The van der Waals surface area contributed by atoms with E-state index >= 15 is 0 Å². The van der Waals surface area contributed by atoms with Crippen molar-refractivity contribution in [3.8, 4) is 6.07 Å². The summed E-state index contributed by atoms with van der Waals surface area (Å²) >= 11 is 0. The van der Waals surface area contributed by atoms with Gasteiger partial charge in [0.15, 0.2) is 0 Å². The van der Waals surface area contributed by atoms with E-state index in [1.807, 2.05) is 6.07 Å². The van der Waals surface area contributed by atoms with Crippen LogP contribution in [0.25, 0.3) is 0 Å². The summed E-state index contributed by atoms with van der Waals surface area (Å²) in [5, 5.41) is 8.11. The minimum absolute atomic E-state index is 0.537. The van der Waals surface area contributed by atoms with Crippen molar-refractivity contribution in [2.45, 2.75) is 12.8 Å². The Hall–Kier alpha value is -0.970. The van der Waals surface area contributed by atoms with Crippen molar-refractivity contribution in [3.05, 3.63) is 11.8 Å². The van der Waals surface area contributed by atoms with Crippen LogP contribution >= 0.6 is 0 Å². The van der Waals surface area contributed by atoms with Gasteiger partial charge in [0.2, 0.25) is 0 Å². The standard InChI is InChI=1S/C6H8N2/c7-4-3-6(8)5-1-2-5/h3,5H,1-2,8H2/b6-3+. The summed E-state index contributed by atoms with van der Waals surface area (Å²) in [4.78, 5) is 0. The third kappa shape index (κ3) is 1.00. The minimum atomic E-state index is 0.537. The lowest BCUT2D eigenvalue weighted by molar-refractivity contribution is 0.981. The van der Waals surface area contributed by atoms with E-state index in [1.54, 1.807) is 0 Å². The minimum Gasteiger partial charge on any atom is -0.401 e. The Morgan fingerprint density at radius 2 is 2.38 bits per heavy atom. The lowest BCUT2D eigenvalue weighted by Gasteiger charge is -1.88. The molecule has 8 heavy (non-hydrogen) atoms. The molecule has 0 aromatic carbocycles. The maximum absolute atomic E-state index is 8.11. The molecule has 0 aromatic rings. The topological polar surface area (TPSA) is 49.8 Å². The molecule has 1 aliphatic carbocycles. The molecular formula is C6H8N2. The first-order valence-electron chi connectivity index (χ1n) is 2.69. The quantitative estimate of drug-likeness (QED) is 0.504. The second-order valence-corrected chi connectivity index (χ2v) is 2.05. The Balaban J connectivity index is 2.45. The summed E-state index contributed by atoms with van der Waals surface area (Å²) in [5.74, 6) is 0.537. The van der Waals surface area contributed by atoms with Crippen LogP contribution in [0.4, 0.5) is 0 Å². The van der Waals surface area contributed by atoms with Gasteiger partial charge in [-0.2, -0.15) is 5.26 Å². The smallest absolute Gasteiger partial charge is 0.0930 e. The Labute approximate surface area is 48.6 Å². The second kappa shape index (κ2) is 1.87. The maximum atomic E-state index is 8.11. The van der Waals surface area contributed by atoms with Crippen LogP contribution in [-0.4, -0.2) is 0 Å². The van der Waals surface area contributed by atoms with E-state index in [-0.39, 0.29) is 0 Å². The molecule has 1 fully saturated rings. The molecule has 0 heterocycles. The number of allylic oxidation sites excluding steroid dienone is 2. The second-order valence-electron chi connectivity index (χ2n) is 2.05. The molecule has 0 bridgehead atoms. The molecule has 0 amide bonds. The summed E-state index contributed by atoms with van der Waals surface area (Å²) in [7, 11) is 0. The normalized spacial score (nSPS) is 20.1. The zero-order valence-corrected chi connectivity index (χ0v) is 4.59. The van der Waals surface area contributed by atoms with Gasteiger partial charge in [-0.25, -0.2) is 0 Å². The average molecular weight is 108 g/mol. The van der Waals surface area contributed by atoms with Crippen LogP contribution in [0.1, 0.15) is 12.8 Å². The summed E-state index contributed by atoms with van der Waals surface area (Å²) in [6.07, 6.45) is 3.77. The van der Waals surface area contributed by atoms with Crippen molar-refractivity contribution < 1.29 is 0 Å². The largest absolute Gasteiger partial charge is 0.401 e. The number of nitrogens with two attached hydrogens (primary N) is 1. The van der Waals surface area contributed by atoms with E-state index in [2.05, 4.69) is 0 Å². The molecule has 2 heteroatoms. The maximum Gasteiger partial charge on any atom is 0.0930 e. The molecule has 42 valence electrons. The van der Waals surface area contributed by atoms with E-state index in [0.717, 1.165) is 5.70 Å². The fraction of sp³-hybridized carbons (Fsp3) is 0.500. The average Bonchev–Trinajstić information content (AvgIpc) is 2.45. The highest BCUT2D eigenvalue weighted by Gasteiger charge is 2.23. The molecule has 0 aromatic heterocycles. The van der Waals surface area contributed by atoms with Gasteiger partial charge in [-0.3, -0.25) is 0 Å². The fourth-order valence-electron chi connectivity index (χ4n) is 0.609. The Morgan fingerprint density at radius 3 is 2.75 bits per heavy atom. The zero-order valence-electron chi connectivity index (χ0n) is 4.59. The number of nitriles is 1. The summed E-state index contributed by atoms with van der Waals surface area (Å²) < 4.78 is 0. The molecule has 0 aliphatic heterocycles. The number of hydrogen-bond acceptors (Lipinski definition) is 2. The van der Waals surface area contributed by atoms with Crippen LogP contribution in [0.3, 0.4) is 0 Å². The van der Waals surface area contributed by atoms with Gasteiger partial charge in [0, 0.05) is 11.8 Å². The zero-order chi connectivity index (χ0) is 5.98. The van der Waals surface area contributed by atoms with Crippen LogP contribution in [0.5, 0.6) is 0 Å². The molecular weight excluding hydrogens is 100 g/mol. The van der Waals surface area contributed by atoms with Crippen LogP contribution < -0.4 is 5.73 Å². The first-order valence-corrected chi connectivity index (χ1v) is 2.69. The lowest BCUT2D eigenvalue weighted by atomic mass is 10.3. The van der Waals surface area contributed by atoms with Gasteiger partial charge in [0.05, 0.1) is 6.07 Å². The molecule has 0 radical (unpaired) electrons. The molecule has 2 nitrogen and oxygen atoms in total. The van der Waals surface area contributed by atoms with Crippen molar-refractivity contribution in [3.63, 3.8) is 0 Å². The third-order valence-corrected chi connectivity index (χ3v) is 1.28. The van der Waals surface area contributed by atoms with E-state index in [0.29, 0.717) is 5.92 Å². The first-order chi connectivity index (χ1) is 3.84. The molecule has 1 rings (SSSR count). The van der Waals surface area contributed by atoms with Crippen LogP contribution in [0.15, 0.2) is 11.8 Å². The van der Waals surface area contributed by atoms with E-state index in [4.69, 9.17) is 11.0 Å². The fourth-order valence-corrected chi connectivity index (χ4v) is 0.609. The molecule has 0 saturated heterocycles. The van der Waals surface area contributed by atoms with Gasteiger partial charge in [-0.15, -0.1) is 0 Å². The van der Waals surface area contributed by atoms with Gasteiger partial charge < -0.3 is 5.73 Å². The van der Waals surface area contributed by atoms with Crippen molar-refractivity contribution in [1.29, 1.82) is 5.26 Å². The number of rotatable bonds is 1. The van der Waals surface area contributed by atoms with Crippen molar-refractivity contribution in [1.82, 2.24) is 0 Å².